The largest absolute Gasteiger partial charge is 0.415 e. The van der Waals surface area contributed by atoms with Crippen molar-refractivity contribution < 1.29 is 18.3 Å². The van der Waals surface area contributed by atoms with Crippen LogP contribution in [-0.4, -0.2) is 23.7 Å². The van der Waals surface area contributed by atoms with E-state index in [2.05, 4.69) is 21.1 Å². The molecule has 0 aliphatic heterocycles. The molecule has 0 atom stereocenters. The molecule has 1 heterocycles. The van der Waals surface area contributed by atoms with Crippen molar-refractivity contribution >= 4 is 17.4 Å². The smallest absolute Gasteiger partial charge is 0.388 e. The van der Waals surface area contributed by atoms with Gasteiger partial charge in [0.1, 0.15) is 5.69 Å². The number of para-hydroxylation sites is 1. The first-order valence-electron chi connectivity index (χ1n) is 10.3. The molecule has 0 bridgehead atoms. The Bertz CT molecular complexity index is 968. The molecular weight excluding hydrogens is 402 g/mol. The Balaban J connectivity index is 1.92. The van der Waals surface area contributed by atoms with Crippen LogP contribution in [0.1, 0.15) is 50.3 Å². The predicted octanol–water partition coefficient (Wildman–Crippen LogP) is 5.85. The average molecular weight is 428 g/mol. The van der Waals surface area contributed by atoms with E-state index in [1.807, 2.05) is 38.1 Å². The fourth-order valence-corrected chi connectivity index (χ4v) is 3.85. The van der Waals surface area contributed by atoms with Crippen LogP contribution in [-0.2, 0) is 0 Å². The Hall–Kier alpha value is -3.21. The number of pyridine rings is 1. The van der Waals surface area contributed by atoms with Crippen molar-refractivity contribution in [2.24, 2.45) is 5.92 Å². The third kappa shape index (κ3) is 5.29. The number of aryl methyl sites for hydroxylation is 1. The monoisotopic (exact) mass is 428 g/mol. The zero-order valence-electron chi connectivity index (χ0n) is 17.8. The number of carbonyl (C=O) groups is 1. The molecule has 0 spiro atoms. The van der Waals surface area contributed by atoms with Gasteiger partial charge in [0.25, 0.3) is 0 Å². The Morgan fingerprint density at radius 1 is 1.29 bits per heavy atom. The van der Waals surface area contributed by atoms with Crippen molar-refractivity contribution in [3.05, 3.63) is 47.7 Å². The summed E-state index contributed by atoms with van der Waals surface area (Å²) < 4.78 is 30.2. The maximum atomic E-state index is 13.4. The van der Waals surface area contributed by atoms with Gasteiger partial charge in [0.05, 0.1) is 6.07 Å². The standard InChI is InChI=1S/C23H26F2N4O2/c1-14(2)18-6-4-5-7-20(18)29(17-12-16(13-17)10-11-26)23(30)28-19-9-8-15(3)27-21(19)31-22(24)25/h4-9,14,16-17,22H,10,12-13H2,1-3H3,(H,28,30). The van der Waals surface area contributed by atoms with Crippen LogP contribution in [0, 0.1) is 24.2 Å². The highest BCUT2D eigenvalue weighted by Crippen LogP contribution is 2.39. The van der Waals surface area contributed by atoms with E-state index in [1.165, 1.54) is 6.07 Å². The van der Waals surface area contributed by atoms with Crippen LogP contribution in [0.5, 0.6) is 5.88 Å². The third-order valence-electron chi connectivity index (χ3n) is 5.43. The lowest BCUT2D eigenvalue weighted by Crippen LogP contribution is -2.50. The number of benzene rings is 1. The summed E-state index contributed by atoms with van der Waals surface area (Å²) in [4.78, 5) is 19.1. The summed E-state index contributed by atoms with van der Waals surface area (Å²) in [6.45, 7) is 2.69. The molecule has 1 aliphatic rings. The van der Waals surface area contributed by atoms with Crippen LogP contribution < -0.4 is 15.0 Å². The minimum atomic E-state index is -3.05. The highest BCUT2D eigenvalue weighted by atomic mass is 19.3. The zero-order chi connectivity index (χ0) is 22.5. The number of urea groups is 1. The normalized spacial score (nSPS) is 17.7. The molecule has 0 unspecified atom stereocenters. The lowest BCUT2D eigenvalue weighted by Gasteiger charge is -2.43. The van der Waals surface area contributed by atoms with E-state index in [0.717, 1.165) is 11.3 Å². The molecule has 1 aromatic heterocycles. The van der Waals surface area contributed by atoms with Crippen LogP contribution >= 0.6 is 0 Å². The first kappa shape index (κ1) is 22.5. The second-order valence-corrected chi connectivity index (χ2v) is 8.05. The number of hydrogen-bond donors (Lipinski definition) is 1. The van der Waals surface area contributed by atoms with Gasteiger partial charge >= 0.3 is 12.6 Å². The average Bonchev–Trinajstić information content (AvgIpc) is 2.68. The van der Waals surface area contributed by atoms with E-state index < -0.39 is 12.6 Å². The predicted molar refractivity (Wildman–Crippen MR) is 114 cm³/mol. The summed E-state index contributed by atoms with van der Waals surface area (Å²) in [6, 6.07) is 12.4. The summed E-state index contributed by atoms with van der Waals surface area (Å²) in [5.74, 6) is 0.104. The molecule has 6 nitrogen and oxygen atoms in total. The number of ether oxygens (including phenoxy) is 1. The summed E-state index contributed by atoms with van der Waals surface area (Å²) in [5.41, 5.74) is 2.35. The SMILES string of the molecule is Cc1ccc(NC(=O)N(c2ccccc2C(C)C)C2CC(CC#N)C2)c(OC(F)F)n1. The number of nitriles is 1. The molecule has 0 saturated heterocycles. The summed E-state index contributed by atoms with van der Waals surface area (Å²) in [7, 11) is 0. The highest BCUT2D eigenvalue weighted by Gasteiger charge is 2.38. The van der Waals surface area contributed by atoms with Crippen LogP contribution in [0.15, 0.2) is 36.4 Å². The van der Waals surface area contributed by atoms with Gasteiger partial charge in [-0.15, -0.1) is 0 Å². The van der Waals surface area contributed by atoms with E-state index in [1.54, 1.807) is 17.9 Å². The van der Waals surface area contributed by atoms with Crippen LogP contribution in [0.3, 0.4) is 0 Å². The molecule has 2 aromatic rings. The van der Waals surface area contributed by atoms with Gasteiger partial charge < -0.3 is 10.1 Å². The van der Waals surface area contributed by atoms with Gasteiger partial charge in [0.2, 0.25) is 5.88 Å². The van der Waals surface area contributed by atoms with Gasteiger partial charge in [-0.3, -0.25) is 4.90 Å². The summed E-state index contributed by atoms with van der Waals surface area (Å²) >= 11 is 0. The van der Waals surface area contributed by atoms with Gasteiger partial charge in [-0.05, 0) is 55.4 Å². The molecule has 1 saturated carbocycles. The molecule has 31 heavy (non-hydrogen) atoms. The van der Waals surface area contributed by atoms with Crippen molar-refractivity contribution in [3.8, 4) is 11.9 Å². The lowest BCUT2D eigenvalue weighted by molar-refractivity contribution is -0.0523. The van der Waals surface area contributed by atoms with Gasteiger partial charge in [-0.2, -0.15) is 14.0 Å². The number of rotatable bonds is 7. The number of nitrogens with zero attached hydrogens (tertiary/aromatic N) is 3. The lowest BCUT2D eigenvalue weighted by atomic mass is 9.77. The number of amides is 2. The molecule has 0 radical (unpaired) electrons. The minimum Gasteiger partial charge on any atom is -0.415 e. The molecule has 8 heteroatoms. The molecule has 2 amide bonds. The zero-order valence-corrected chi connectivity index (χ0v) is 17.8. The number of hydrogen-bond acceptors (Lipinski definition) is 4. The second kappa shape index (κ2) is 9.73. The second-order valence-electron chi connectivity index (χ2n) is 8.05. The van der Waals surface area contributed by atoms with E-state index in [9.17, 15) is 13.6 Å². The number of halogens is 2. The fraction of sp³-hybridized carbons (Fsp3) is 0.435. The first-order valence-corrected chi connectivity index (χ1v) is 10.3. The fourth-order valence-electron chi connectivity index (χ4n) is 3.85. The summed E-state index contributed by atoms with van der Waals surface area (Å²) in [5, 5.41) is 11.7. The van der Waals surface area contributed by atoms with E-state index in [-0.39, 0.29) is 29.4 Å². The number of nitrogens with one attached hydrogen (secondary N) is 1. The van der Waals surface area contributed by atoms with E-state index >= 15 is 0 Å². The Morgan fingerprint density at radius 2 is 2.00 bits per heavy atom. The van der Waals surface area contributed by atoms with Crippen molar-refractivity contribution in [1.29, 1.82) is 5.26 Å². The van der Waals surface area contributed by atoms with Gasteiger partial charge in [0.15, 0.2) is 0 Å². The Morgan fingerprint density at radius 3 is 2.65 bits per heavy atom. The third-order valence-corrected chi connectivity index (χ3v) is 5.43. The van der Waals surface area contributed by atoms with Crippen molar-refractivity contribution in [2.75, 3.05) is 10.2 Å². The molecule has 1 fully saturated rings. The number of anilines is 2. The summed E-state index contributed by atoms with van der Waals surface area (Å²) in [6.07, 6.45) is 1.87. The minimum absolute atomic E-state index is 0.0795. The molecule has 1 aliphatic carbocycles. The van der Waals surface area contributed by atoms with Gasteiger partial charge in [-0.1, -0.05) is 32.0 Å². The number of alkyl halides is 2. The topological polar surface area (TPSA) is 78.2 Å². The quantitative estimate of drug-likeness (QED) is 0.600. The van der Waals surface area contributed by atoms with Crippen molar-refractivity contribution in [2.45, 2.75) is 58.6 Å². The number of aromatic nitrogens is 1. The highest BCUT2D eigenvalue weighted by molar-refractivity contribution is 6.03. The molecule has 1 aromatic carbocycles. The van der Waals surface area contributed by atoms with Crippen LogP contribution in [0.2, 0.25) is 0 Å². The maximum absolute atomic E-state index is 13.4. The van der Waals surface area contributed by atoms with Gasteiger partial charge in [0, 0.05) is 23.8 Å². The molecule has 1 N–H and O–H groups in total. The van der Waals surface area contributed by atoms with Crippen molar-refractivity contribution in [1.82, 2.24) is 4.98 Å². The van der Waals surface area contributed by atoms with Crippen LogP contribution in [0.25, 0.3) is 0 Å². The molecule has 3 rings (SSSR count). The van der Waals surface area contributed by atoms with Gasteiger partial charge in [-0.25, -0.2) is 9.78 Å². The first-order chi connectivity index (χ1) is 14.8. The molecule has 164 valence electrons. The van der Waals surface area contributed by atoms with E-state index in [4.69, 9.17) is 5.26 Å². The number of carbonyl (C=O) groups excluding carboxylic acids is 1. The van der Waals surface area contributed by atoms with Crippen molar-refractivity contribution in [3.63, 3.8) is 0 Å². The Labute approximate surface area is 180 Å². The molecular formula is C23H26F2N4O2. The Kier molecular flexibility index (Phi) is 7.06. The van der Waals surface area contributed by atoms with E-state index in [0.29, 0.717) is 25.0 Å². The van der Waals surface area contributed by atoms with Crippen LogP contribution in [0.4, 0.5) is 25.0 Å². The maximum Gasteiger partial charge on any atom is 0.388 e.